The van der Waals surface area contributed by atoms with Gasteiger partial charge in [0.2, 0.25) is 0 Å². The molecule has 27 heavy (non-hydrogen) atoms. The molecule has 0 aliphatic rings. The maximum atomic E-state index is 13.8. The van der Waals surface area contributed by atoms with Crippen molar-refractivity contribution in [1.82, 2.24) is 19.9 Å². The molecule has 0 radical (unpaired) electrons. The lowest BCUT2D eigenvalue weighted by atomic mass is 10.2. The Balaban J connectivity index is 1.92. The van der Waals surface area contributed by atoms with Crippen LogP contribution in [0.4, 0.5) is 8.78 Å². The summed E-state index contributed by atoms with van der Waals surface area (Å²) in [5.41, 5.74) is -0.886. The van der Waals surface area contributed by atoms with Crippen LogP contribution in [-0.2, 0) is 10.5 Å². The SMILES string of the molecule is O=C(O)CNC(=O)c1c(=O)cc(SCc2cc(F)ccc2F)n2[nH]cnc12. The van der Waals surface area contributed by atoms with Crippen molar-refractivity contribution in [2.75, 3.05) is 6.54 Å². The molecule has 0 bridgehead atoms. The van der Waals surface area contributed by atoms with Crippen molar-refractivity contribution in [2.24, 2.45) is 0 Å². The number of carbonyl (C=O) groups excluding carboxylic acids is 1. The molecule has 3 N–H and O–H groups in total. The maximum absolute atomic E-state index is 13.8. The topological polar surface area (TPSA) is 117 Å². The van der Waals surface area contributed by atoms with Crippen LogP contribution in [0.25, 0.3) is 5.65 Å². The standard InChI is InChI=1S/C16H12F2N4O4S/c17-9-1-2-10(18)8(3-9)6-27-12-4-11(23)14(15-20-7-21-22(12)15)16(26)19-5-13(24)25/h1-4,7H,5-6H2,(H,19,26)(H,20,21)(H,24,25). The number of halogens is 2. The number of hydrogen-bond donors (Lipinski definition) is 3. The first-order chi connectivity index (χ1) is 12.9. The van der Waals surface area contributed by atoms with Gasteiger partial charge < -0.3 is 10.4 Å². The largest absolute Gasteiger partial charge is 0.480 e. The molecule has 0 saturated carbocycles. The first-order valence-electron chi connectivity index (χ1n) is 7.52. The van der Waals surface area contributed by atoms with Gasteiger partial charge in [0.15, 0.2) is 11.1 Å². The number of amides is 1. The second-order valence-electron chi connectivity index (χ2n) is 5.37. The Hall–Kier alpha value is -3.21. The molecule has 3 rings (SSSR count). The number of pyridine rings is 1. The van der Waals surface area contributed by atoms with E-state index >= 15 is 0 Å². The fourth-order valence-electron chi connectivity index (χ4n) is 2.34. The highest BCUT2D eigenvalue weighted by Gasteiger charge is 2.20. The van der Waals surface area contributed by atoms with E-state index in [9.17, 15) is 23.2 Å². The predicted molar refractivity (Wildman–Crippen MR) is 91.7 cm³/mol. The maximum Gasteiger partial charge on any atom is 0.322 e. The Labute approximate surface area is 154 Å². The van der Waals surface area contributed by atoms with Crippen LogP contribution in [0.2, 0.25) is 0 Å². The summed E-state index contributed by atoms with van der Waals surface area (Å²) < 4.78 is 28.4. The van der Waals surface area contributed by atoms with Crippen molar-refractivity contribution in [3.8, 4) is 0 Å². The van der Waals surface area contributed by atoms with Crippen LogP contribution in [-0.4, -0.2) is 38.1 Å². The summed E-state index contributed by atoms with van der Waals surface area (Å²) in [7, 11) is 0. The lowest BCUT2D eigenvalue weighted by Gasteiger charge is -2.08. The van der Waals surface area contributed by atoms with Gasteiger partial charge in [0.1, 0.15) is 35.1 Å². The number of fused-ring (bicyclic) bond motifs is 1. The number of thioether (sulfide) groups is 1. The van der Waals surface area contributed by atoms with Crippen LogP contribution in [0, 0.1) is 11.6 Å². The van der Waals surface area contributed by atoms with E-state index in [4.69, 9.17) is 5.11 Å². The van der Waals surface area contributed by atoms with Crippen molar-refractivity contribution in [2.45, 2.75) is 10.8 Å². The summed E-state index contributed by atoms with van der Waals surface area (Å²) in [4.78, 5) is 39.0. The zero-order valence-corrected chi connectivity index (χ0v) is 14.3. The van der Waals surface area contributed by atoms with Crippen LogP contribution >= 0.6 is 11.8 Å². The molecule has 2 aromatic heterocycles. The van der Waals surface area contributed by atoms with Crippen LogP contribution < -0.4 is 10.7 Å². The third-order valence-electron chi connectivity index (χ3n) is 3.54. The molecule has 140 valence electrons. The highest BCUT2D eigenvalue weighted by atomic mass is 32.2. The van der Waals surface area contributed by atoms with E-state index < -0.39 is 35.5 Å². The zero-order chi connectivity index (χ0) is 19.6. The van der Waals surface area contributed by atoms with Gasteiger partial charge in [-0.25, -0.2) is 18.3 Å². The van der Waals surface area contributed by atoms with Gasteiger partial charge in [0.25, 0.3) is 5.91 Å². The Morgan fingerprint density at radius 2 is 2.07 bits per heavy atom. The number of rotatable bonds is 6. The smallest absolute Gasteiger partial charge is 0.322 e. The Kier molecular flexibility index (Phi) is 5.21. The molecule has 11 heteroatoms. The Bertz CT molecular complexity index is 1100. The minimum absolute atomic E-state index is 0.00685. The number of aliphatic carboxylic acids is 1. The molecular formula is C16H12F2N4O4S. The molecule has 2 heterocycles. The number of carboxylic acid groups (broad SMARTS) is 1. The summed E-state index contributed by atoms with van der Waals surface area (Å²) in [6.45, 7) is -0.649. The summed E-state index contributed by atoms with van der Waals surface area (Å²) in [6.07, 6.45) is 1.25. The van der Waals surface area contributed by atoms with Gasteiger partial charge in [0.05, 0.1) is 0 Å². The third-order valence-corrected chi connectivity index (χ3v) is 4.59. The van der Waals surface area contributed by atoms with Gasteiger partial charge in [0, 0.05) is 17.4 Å². The monoisotopic (exact) mass is 394 g/mol. The highest BCUT2D eigenvalue weighted by molar-refractivity contribution is 7.98. The third kappa shape index (κ3) is 3.97. The molecule has 0 unspecified atom stereocenters. The quantitative estimate of drug-likeness (QED) is 0.545. The summed E-state index contributed by atoms with van der Waals surface area (Å²) in [5, 5.41) is 13.8. The van der Waals surface area contributed by atoms with E-state index in [2.05, 4.69) is 15.4 Å². The second-order valence-corrected chi connectivity index (χ2v) is 6.36. The first kappa shape index (κ1) is 18.6. The van der Waals surface area contributed by atoms with E-state index in [0.29, 0.717) is 5.03 Å². The van der Waals surface area contributed by atoms with E-state index in [1.54, 1.807) is 0 Å². The number of aromatic amines is 1. The number of hydrogen-bond acceptors (Lipinski definition) is 5. The van der Waals surface area contributed by atoms with Crippen molar-refractivity contribution in [3.63, 3.8) is 0 Å². The van der Waals surface area contributed by atoms with E-state index in [1.165, 1.54) is 10.8 Å². The Morgan fingerprint density at radius 1 is 1.30 bits per heavy atom. The molecule has 1 amide bonds. The molecule has 0 aliphatic carbocycles. The second kappa shape index (κ2) is 7.58. The van der Waals surface area contributed by atoms with E-state index in [1.807, 2.05) is 0 Å². The van der Waals surface area contributed by atoms with Crippen LogP contribution in [0.15, 0.2) is 40.4 Å². The molecule has 1 aromatic carbocycles. The van der Waals surface area contributed by atoms with E-state index in [-0.39, 0.29) is 22.5 Å². The van der Waals surface area contributed by atoms with Crippen molar-refractivity contribution in [3.05, 3.63) is 63.6 Å². The molecular weight excluding hydrogens is 382 g/mol. The van der Waals surface area contributed by atoms with Crippen molar-refractivity contribution < 1.29 is 23.5 Å². The summed E-state index contributed by atoms with van der Waals surface area (Å²) in [5.74, 6) is -3.26. The average Bonchev–Trinajstić information content (AvgIpc) is 3.09. The number of carbonyl (C=O) groups is 2. The number of nitrogens with one attached hydrogen (secondary N) is 2. The number of carboxylic acids is 1. The minimum Gasteiger partial charge on any atom is -0.480 e. The lowest BCUT2D eigenvalue weighted by molar-refractivity contribution is -0.135. The van der Waals surface area contributed by atoms with Crippen LogP contribution in [0.5, 0.6) is 0 Å². The number of H-pyrrole nitrogens is 1. The van der Waals surface area contributed by atoms with Crippen molar-refractivity contribution in [1.29, 1.82) is 0 Å². The molecule has 0 aliphatic heterocycles. The van der Waals surface area contributed by atoms with Crippen molar-refractivity contribution >= 4 is 29.3 Å². The van der Waals surface area contributed by atoms with Gasteiger partial charge in [-0.05, 0) is 18.2 Å². The Morgan fingerprint density at radius 3 is 2.81 bits per heavy atom. The number of aromatic nitrogens is 3. The van der Waals surface area contributed by atoms with Gasteiger partial charge >= 0.3 is 5.97 Å². The van der Waals surface area contributed by atoms with Gasteiger partial charge in [-0.15, -0.1) is 11.8 Å². The molecule has 0 fully saturated rings. The predicted octanol–water partition coefficient (Wildman–Crippen LogP) is 1.41. The summed E-state index contributed by atoms with van der Waals surface area (Å²) in [6, 6.07) is 4.22. The first-order valence-corrected chi connectivity index (χ1v) is 8.51. The van der Waals surface area contributed by atoms with Gasteiger partial charge in [-0.1, -0.05) is 0 Å². The average molecular weight is 394 g/mol. The lowest BCUT2D eigenvalue weighted by Crippen LogP contribution is -2.33. The number of nitrogens with zero attached hydrogens (tertiary/aromatic N) is 2. The molecule has 0 saturated heterocycles. The van der Waals surface area contributed by atoms with Crippen LogP contribution in [0.3, 0.4) is 0 Å². The fraction of sp³-hybridized carbons (Fsp3) is 0.125. The van der Waals surface area contributed by atoms with Gasteiger partial charge in [-0.2, -0.15) is 0 Å². The fourth-order valence-corrected chi connectivity index (χ4v) is 3.32. The van der Waals surface area contributed by atoms with E-state index in [0.717, 1.165) is 36.0 Å². The normalized spacial score (nSPS) is 10.9. The zero-order valence-electron chi connectivity index (χ0n) is 13.5. The number of benzene rings is 1. The molecule has 8 nitrogen and oxygen atoms in total. The molecule has 3 aromatic rings. The summed E-state index contributed by atoms with van der Waals surface area (Å²) >= 11 is 1.04. The highest BCUT2D eigenvalue weighted by Crippen LogP contribution is 2.24. The molecule has 0 spiro atoms. The molecule has 0 atom stereocenters. The van der Waals surface area contributed by atoms with Crippen LogP contribution in [0.1, 0.15) is 15.9 Å². The minimum atomic E-state index is -1.26. The van der Waals surface area contributed by atoms with Gasteiger partial charge in [-0.3, -0.25) is 19.5 Å².